The molecule has 8 heteroatoms. The molecule has 3 aromatic rings. The van der Waals surface area contributed by atoms with E-state index >= 15 is 0 Å². The van der Waals surface area contributed by atoms with Gasteiger partial charge in [-0.1, -0.05) is 29.8 Å². The van der Waals surface area contributed by atoms with Gasteiger partial charge in [0.2, 0.25) is 11.9 Å². The lowest BCUT2D eigenvalue weighted by Crippen LogP contribution is -2.45. The average Bonchev–Trinajstić information content (AvgIpc) is 3.39. The highest BCUT2D eigenvalue weighted by atomic mass is 35.5. The molecule has 0 radical (unpaired) electrons. The van der Waals surface area contributed by atoms with Crippen LogP contribution < -0.4 is 14.4 Å². The van der Waals surface area contributed by atoms with Crippen LogP contribution in [0.2, 0.25) is 5.02 Å². The number of nitrogens with zero attached hydrogens (tertiary/aromatic N) is 4. The summed E-state index contributed by atoms with van der Waals surface area (Å²) >= 11 is 7.44. The molecule has 2 aliphatic heterocycles. The standard InChI is InChI=1S/C21H21ClN4O2S/c22-17-4-1-15(2-5-17)12-20-23-21(29-24-20)26-9-7-25(8-10-26)13-16-3-6-18-19(11-16)28-14-27-18/h1-6,11H,7-10,12-14H2. The molecule has 0 saturated carbocycles. The first kappa shape index (κ1) is 18.7. The Bertz CT molecular complexity index is 987. The van der Waals surface area contributed by atoms with Crippen LogP contribution in [-0.2, 0) is 13.0 Å². The zero-order chi connectivity index (χ0) is 19.6. The van der Waals surface area contributed by atoms with E-state index in [-0.39, 0.29) is 0 Å². The largest absolute Gasteiger partial charge is 0.454 e. The minimum Gasteiger partial charge on any atom is -0.454 e. The van der Waals surface area contributed by atoms with Crippen LogP contribution >= 0.6 is 23.1 Å². The Kier molecular flexibility index (Phi) is 5.26. The number of hydrogen-bond acceptors (Lipinski definition) is 7. The molecule has 6 nitrogen and oxygen atoms in total. The molecule has 1 fully saturated rings. The van der Waals surface area contributed by atoms with Gasteiger partial charge in [0.05, 0.1) is 0 Å². The van der Waals surface area contributed by atoms with E-state index in [0.717, 1.165) is 66.6 Å². The second-order valence-electron chi connectivity index (χ2n) is 7.25. The molecular formula is C21H21ClN4O2S. The highest BCUT2D eigenvalue weighted by Crippen LogP contribution is 2.33. The maximum atomic E-state index is 5.96. The monoisotopic (exact) mass is 428 g/mol. The van der Waals surface area contributed by atoms with Crippen molar-refractivity contribution >= 4 is 28.3 Å². The van der Waals surface area contributed by atoms with Crippen LogP contribution in [0, 0.1) is 0 Å². The molecule has 0 bridgehead atoms. The van der Waals surface area contributed by atoms with Gasteiger partial charge in [-0.05, 0) is 35.4 Å². The summed E-state index contributed by atoms with van der Waals surface area (Å²) in [5, 5.41) is 1.76. The molecule has 2 aromatic carbocycles. The van der Waals surface area contributed by atoms with Crippen LogP contribution in [0.4, 0.5) is 5.13 Å². The average molecular weight is 429 g/mol. The summed E-state index contributed by atoms with van der Waals surface area (Å²) in [6.07, 6.45) is 0.734. The first-order valence-corrected chi connectivity index (χ1v) is 10.8. The predicted molar refractivity (Wildman–Crippen MR) is 114 cm³/mol. The van der Waals surface area contributed by atoms with Gasteiger partial charge in [-0.25, -0.2) is 4.98 Å². The highest BCUT2D eigenvalue weighted by Gasteiger charge is 2.21. The number of aromatic nitrogens is 2. The van der Waals surface area contributed by atoms with Gasteiger partial charge in [0.1, 0.15) is 5.82 Å². The summed E-state index contributed by atoms with van der Waals surface area (Å²) in [6.45, 7) is 5.16. The molecule has 0 atom stereocenters. The highest BCUT2D eigenvalue weighted by molar-refractivity contribution is 7.09. The third kappa shape index (κ3) is 4.32. The van der Waals surface area contributed by atoms with Crippen molar-refractivity contribution < 1.29 is 9.47 Å². The smallest absolute Gasteiger partial charge is 0.231 e. The third-order valence-electron chi connectivity index (χ3n) is 5.22. The molecule has 0 unspecified atom stereocenters. The number of fused-ring (bicyclic) bond motifs is 1. The number of benzene rings is 2. The SMILES string of the molecule is Clc1ccc(Cc2nsc(N3CCN(Cc4ccc5c(c4)OCO5)CC3)n2)cc1. The summed E-state index contributed by atoms with van der Waals surface area (Å²) in [4.78, 5) is 9.55. The van der Waals surface area contributed by atoms with Gasteiger partial charge in [0, 0.05) is 55.7 Å². The van der Waals surface area contributed by atoms with Crippen molar-refractivity contribution in [3.8, 4) is 11.5 Å². The van der Waals surface area contributed by atoms with E-state index in [4.69, 9.17) is 26.1 Å². The van der Waals surface area contributed by atoms with Crippen LogP contribution in [0.25, 0.3) is 0 Å². The lowest BCUT2D eigenvalue weighted by molar-refractivity contribution is 0.174. The molecule has 1 saturated heterocycles. The van der Waals surface area contributed by atoms with Gasteiger partial charge >= 0.3 is 0 Å². The number of anilines is 1. The van der Waals surface area contributed by atoms with Crippen LogP contribution in [0.5, 0.6) is 11.5 Å². The number of piperazine rings is 1. The Morgan fingerprint density at radius 1 is 0.931 bits per heavy atom. The minimum absolute atomic E-state index is 0.319. The normalized spacial score (nSPS) is 16.4. The van der Waals surface area contributed by atoms with Crippen LogP contribution in [0.1, 0.15) is 17.0 Å². The first-order valence-electron chi connectivity index (χ1n) is 9.66. The second-order valence-corrected chi connectivity index (χ2v) is 8.41. The molecular weight excluding hydrogens is 408 g/mol. The summed E-state index contributed by atoms with van der Waals surface area (Å²) in [6, 6.07) is 14.1. The van der Waals surface area contributed by atoms with Gasteiger partial charge < -0.3 is 14.4 Å². The van der Waals surface area contributed by atoms with Gasteiger partial charge in [-0.2, -0.15) is 4.37 Å². The number of rotatable bonds is 5. The number of ether oxygens (including phenoxy) is 2. The fourth-order valence-electron chi connectivity index (χ4n) is 3.62. The van der Waals surface area contributed by atoms with E-state index in [0.29, 0.717) is 6.79 Å². The molecule has 0 spiro atoms. The molecule has 5 rings (SSSR count). The van der Waals surface area contributed by atoms with Crippen LogP contribution in [0.15, 0.2) is 42.5 Å². The first-order chi connectivity index (χ1) is 14.2. The Balaban J connectivity index is 1.16. The molecule has 150 valence electrons. The molecule has 0 aliphatic carbocycles. The van der Waals surface area contributed by atoms with Gasteiger partial charge in [-0.3, -0.25) is 4.90 Å². The molecule has 2 aliphatic rings. The van der Waals surface area contributed by atoms with Crippen molar-refractivity contribution in [3.05, 3.63) is 64.4 Å². The predicted octanol–water partition coefficient (Wildman–Crippen LogP) is 3.83. The third-order valence-corrected chi connectivity index (χ3v) is 6.29. The summed E-state index contributed by atoms with van der Waals surface area (Å²) in [5.41, 5.74) is 2.43. The van der Waals surface area contributed by atoms with Crippen molar-refractivity contribution in [1.29, 1.82) is 0 Å². The van der Waals surface area contributed by atoms with Gasteiger partial charge in [-0.15, -0.1) is 0 Å². The lowest BCUT2D eigenvalue weighted by atomic mass is 10.1. The van der Waals surface area contributed by atoms with E-state index in [1.54, 1.807) is 0 Å². The lowest BCUT2D eigenvalue weighted by Gasteiger charge is -2.34. The zero-order valence-electron chi connectivity index (χ0n) is 15.9. The van der Waals surface area contributed by atoms with E-state index in [1.165, 1.54) is 22.7 Å². The second kappa shape index (κ2) is 8.18. The van der Waals surface area contributed by atoms with Crippen LogP contribution in [-0.4, -0.2) is 47.2 Å². The molecule has 1 aromatic heterocycles. The summed E-state index contributed by atoms with van der Waals surface area (Å²) in [5.74, 6) is 2.56. The minimum atomic E-state index is 0.319. The summed E-state index contributed by atoms with van der Waals surface area (Å²) in [7, 11) is 0. The summed E-state index contributed by atoms with van der Waals surface area (Å²) < 4.78 is 15.4. The fourth-order valence-corrected chi connectivity index (χ4v) is 4.49. The van der Waals surface area contributed by atoms with Crippen LogP contribution in [0.3, 0.4) is 0 Å². The quantitative estimate of drug-likeness (QED) is 0.615. The van der Waals surface area contributed by atoms with E-state index in [9.17, 15) is 0 Å². The van der Waals surface area contributed by atoms with Crippen molar-refractivity contribution in [1.82, 2.24) is 14.3 Å². The number of halogens is 1. The van der Waals surface area contributed by atoms with E-state index in [1.807, 2.05) is 30.3 Å². The van der Waals surface area contributed by atoms with Crippen molar-refractivity contribution in [3.63, 3.8) is 0 Å². The Labute approximate surface area is 178 Å². The topological polar surface area (TPSA) is 50.7 Å². The van der Waals surface area contributed by atoms with Crippen molar-refractivity contribution in [2.45, 2.75) is 13.0 Å². The van der Waals surface area contributed by atoms with E-state index in [2.05, 4.69) is 26.3 Å². The Morgan fingerprint density at radius 3 is 2.52 bits per heavy atom. The zero-order valence-corrected chi connectivity index (χ0v) is 17.5. The van der Waals surface area contributed by atoms with Gasteiger partial charge in [0.25, 0.3) is 0 Å². The Hall–Kier alpha value is -2.35. The van der Waals surface area contributed by atoms with Gasteiger partial charge in [0.15, 0.2) is 11.5 Å². The van der Waals surface area contributed by atoms with Crippen molar-refractivity contribution in [2.24, 2.45) is 0 Å². The molecule has 0 N–H and O–H groups in total. The Morgan fingerprint density at radius 2 is 1.69 bits per heavy atom. The molecule has 3 heterocycles. The fraction of sp³-hybridized carbons (Fsp3) is 0.333. The molecule has 29 heavy (non-hydrogen) atoms. The maximum Gasteiger partial charge on any atom is 0.231 e. The number of hydrogen-bond donors (Lipinski definition) is 0. The molecule has 0 amide bonds. The maximum absolute atomic E-state index is 5.96. The van der Waals surface area contributed by atoms with E-state index < -0.39 is 0 Å². The van der Waals surface area contributed by atoms with Crippen molar-refractivity contribution in [2.75, 3.05) is 37.9 Å².